The fraction of sp³-hybridized carbons (Fsp3) is 0.417. The Morgan fingerprint density at radius 3 is 2.33 bits per heavy atom. The Hall–Kier alpha value is -1.01. The molecule has 1 fully saturated rings. The first-order chi connectivity index (χ1) is 8.50. The normalized spacial score (nSPS) is 17.0. The predicted molar refractivity (Wildman–Crippen MR) is 67.5 cm³/mol. The average molecular weight is 319 g/mol. The lowest BCUT2D eigenvalue weighted by atomic mass is 10.1. The minimum absolute atomic E-state index is 0.105. The summed E-state index contributed by atoms with van der Waals surface area (Å²) in [6.45, 7) is 2.52. The van der Waals surface area contributed by atoms with Crippen LogP contribution in [-0.4, -0.2) is 48.9 Å². The summed E-state index contributed by atoms with van der Waals surface area (Å²) in [7, 11) is 1.96. The molecule has 0 bridgehead atoms. The Balaban J connectivity index is 2.26. The molecule has 0 unspecified atom stereocenters. The van der Waals surface area contributed by atoms with E-state index >= 15 is 0 Å². The minimum atomic E-state index is -0.702. The number of nitrogens with zero attached hydrogens (tertiary/aromatic N) is 2. The van der Waals surface area contributed by atoms with E-state index in [1.165, 1.54) is 0 Å². The van der Waals surface area contributed by atoms with Crippen LogP contribution in [0.5, 0.6) is 0 Å². The first kappa shape index (κ1) is 13.4. The number of carbonyl (C=O) groups excluding carboxylic acids is 1. The highest BCUT2D eigenvalue weighted by molar-refractivity contribution is 9.10. The van der Waals surface area contributed by atoms with Gasteiger partial charge in [0.1, 0.15) is 11.6 Å². The standard InChI is InChI=1S/C12H13BrF2N2O/c1-16-4-6-17(7-5-16)12(18)10-8(14)2-3-9(15)11(10)13/h2-3H,4-7H2,1H3. The Morgan fingerprint density at radius 1 is 1.17 bits per heavy atom. The maximum absolute atomic E-state index is 13.7. The van der Waals surface area contributed by atoms with Crippen molar-refractivity contribution in [2.75, 3.05) is 33.2 Å². The summed E-state index contributed by atoms with van der Waals surface area (Å²) in [5.41, 5.74) is -0.223. The molecule has 1 aliphatic heterocycles. The van der Waals surface area contributed by atoms with Crippen LogP contribution in [0.2, 0.25) is 0 Å². The molecular formula is C12H13BrF2N2O. The third kappa shape index (κ3) is 2.54. The molecule has 1 amide bonds. The van der Waals surface area contributed by atoms with Crippen molar-refractivity contribution >= 4 is 21.8 Å². The third-order valence-electron chi connectivity index (χ3n) is 3.05. The molecule has 0 N–H and O–H groups in total. The van der Waals surface area contributed by atoms with Gasteiger partial charge in [-0.25, -0.2) is 8.78 Å². The smallest absolute Gasteiger partial charge is 0.258 e. The van der Waals surface area contributed by atoms with Gasteiger partial charge in [-0.3, -0.25) is 4.79 Å². The van der Waals surface area contributed by atoms with Crippen molar-refractivity contribution in [3.05, 3.63) is 33.8 Å². The lowest BCUT2D eigenvalue weighted by Crippen LogP contribution is -2.47. The quantitative estimate of drug-likeness (QED) is 0.740. The number of hydrogen-bond donors (Lipinski definition) is 0. The van der Waals surface area contributed by atoms with Crippen molar-refractivity contribution in [3.63, 3.8) is 0 Å². The van der Waals surface area contributed by atoms with E-state index in [1.807, 2.05) is 7.05 Å². The average Bonchev–Trinajstić information content (AvgIpc) is 2.35. The minimum Gasteiger partial charge on any atom is -0.336 e. The van der Waals surface area contributed by atoms with E-state index in [-0.39, 0.29) is 10.0 Å². The monoisotopic (exact) mass is 318 g/mol. The van der Waals surface area contributed by atoms with Gasteiger partial charge >= 0.3 is 0 Å². The molecule has 0 atom stereocenters. The molecule has 0 radical (unpaired) electrons. The van der Waals surface area contributed by atoms with Gasteiger partial charge < -0.3 is 9.80 Å². The van der Waals surface area contributed by atoms with Crippen LogP contribution < -0.4 is 0 Å². The molecule has 0 aliphatic carbocycles. The highest BCUT2D eigenvalue weighted by atomic mass is 79.9. The van der Waals surface area contributed by atoms with Gasteiger partial charge in [0.05, 0.1) is 10.0 Å². The topological polar surface area (TPSA) is 23.6 Å². The molecule has 6 heteroatoms. The Labute approximate surface area is 112 Å². The van der Waals surface area contributed by atoms with Gasteiger partial charge in [0.2, 0.25) is 0 Å². The number of likely N-dealkylation sites (N-methyl/N-ethyl adjacent to an activating group) is 1. The fourth-order valence-electron chi connectivity index (χ4n) is 1.89. The van der Waals surface area contributed by atoms with E-state index in [0.717, 1.165) is 25.2 Å². The lowest BCUT2D eigenvalue weighted by Gasteiger charge is -2.32. The number of rotatable bonds is 1. The first-order valence-corrected chi connectivity index (χ1v) is 6.41. The summed E-state index contributed by atoms with van der Waals surface area (Å²) < 4.78 is 26.9. The van der Waals surface area contributed by atoms with Gasteiger partial charge in [-0.2, -0.15) is 0 Å². The summed E-state index contributed by atoms with van der Waals surface area (Å²) in [6.07, 6.45) is 0. The van der Waals surface area contributed by atoms with Crippen molar-refractivity contribution in [2.45, 2.75) is 0 Å². The molecule has 1 saturated heterocycles. The molecule has 2 rings (SSSR count). The van der Waals surface area contributed by atoms with Gasteiger partial charge in [-0.15, -0.1) is 0 Å². The van der Waals surface area contributed by atoms with E-state index in [1.54, 1.807) is 4.90 Å². The molecule has 18 heavy (non-hydrogen) atoms. The zero-order valence-corrected chi connectivity index (χ0v) is 11.5. The van der Waals surface area contributed by atoms with Gasteiger partial charge in [-0.1, -0.05) is 0 Å². The zero-order valence-electron chi connectivity index (χ0n) is 9.92. The van der Waals surface area contributed by atoms with E-state index < -0.39 is 17.5 Å². The van der Waals surface area contributed by atoms with E-state index in [9.17, 15) is 13.6 Å². The molecule has 0 spiro atoms. The third-order valence-corrected chi connectivity index (χ3v) is 3.82. The van der Waals surface area contributed by atoms with Crippen LogP contribution in [0.4, 0.5) is 8.78 Å². The van der Waals surface area contributed by atoms with E-state index in [2.05, 4.69) is 20.8 Å². The summed E-state index contributed by atoms with van der Waals surface area (Å²) >= 11 is 2.94. The van der Waals surface area contributed by atoms with Crippen LogP contribution in [0.1, 0.15) is 10.4 Å². The van der Waals surface area contributed by atoms with Crippen molar-refractivity contribution in [3.8, 4) is 0 Å². The Bertz CT molecular complexity index is 473. The molecule has 1 heterocycles. The number of hydrogen-bond acceptors (Lipinski definition) is 2. The number of carbonyl (C=O) groups is 1. The van der Waals surface area contributed by atoms with Crippen molar-refractivity contribution in [2.24, 2.45) is 0 Å². The second-order valence-electron chi connectivity index (χ2n) is 4.31. The summed E-state index contributed by atoms with van der Waals surface area (Å²) in [5, 5.41) is 0. The number of piperazine rings is 1. The highest BCUT2D eigenvalue weighted by Crippen LogP contribution is 2.25. The van der Waals surface area contributed by atoms with Crippen LogP contribution in [0.15, 0.2) is 16.6 Å². The van der Waals surface area contributed by atoms with Crippen LogP contribution in [0, 0.1) is 11.6 Å². The van der Waals surface area contributed by atoms with Crippen molar-refractivity contribution in [1.29, 1.82) is 0 Å². The lowest BCUT2D eigenvalue weighted by molar-refractivity contribution is 0.0658. The van der Waals surface area contributed by atoms with Gasteiger partial charge in [0, 0.05) is 26.2 Å². The predicted octanol–water partition coefficient (Wildman–Crippen LogP) is 2.11. The van der Waals surface area contributed by atoms with Crippen LogP contribution >= 0.6 is 15.9 Å². The Kier molecular flexibility index (Phi) is 3.97. The molecule has 3 nitrogen and oxygen atoms in total. The maximum Gasteiger partial charge on any atom is 0.258 e. The molecule has 0 aromatic heterocycles. The summed E-state index contributed by atoms with van der Waals surface area (Å²) in [6, 6.07) is 1.98. The fourth-order valence-corrected chi connectivity index (χ4v) is 2.38. The second kappa shape index (κ2) is 5.32. The highest BCUT2D eigenvalue weighted by Gasteiger charge is 2.26. The van der Waals surface area contributed by atoms with Crippen LogP contribution in [-0.2, 0) is 0 Å². The number of benzene rings is 1. The maximum atomic E-state index is 13.7. The first-order valence-electron chi connectivity index (χ1n) is 5.62. The molecule has 98 valence electrons. The summed E-state index contributed by atoms with van der Waals surface area (Å²) in [5.74, 6) is -1.80. The van der Waals surface area contributed by atoms with E-state index in [0.29, 0.717) is 13.1 Å². The van der Waals surface area contributed by atoms with Crippen molar-refractivity contribution < 1.29 is 13.6 Å². The van der Waals surface area contributed by atoms with Crippen LogP contribution in [0.3, 0.4) is 0 Å². The largest absolute Gasteiger partial charge is 0.336 e. The van der Waals surface area contributed by atoms with Gasteiger partial charge in [0.15, 0.2) is 0 Å². The molecule has 0 saturated carbocycles. The van der Waals surface area contributed by atoms with Crippen LogP contribution in [0.25, 0.3) is 0 Å². The SMILES string of the molecule is CN1CCN(C(=O)c2c(F)ccc(F)c2Br)CC1. The van der Waals surface area contributed by atoms with Gasteiger partial charge in [-0.05, 0) is 35.1 Å². The Morgan fingerprint density at radius 2 is 1.72 bits per heavy atom. The second-order valence-corrected chi connectivity index (χ2v) is 5.11. The molecule has 1 aromatic rings. The molecular weight excluding hydrogens is 306 g/mol. The molecule has 1 aromatic carbocycles. The van der Waals surface area contributed by atoms with E-state index in [4.69, 9.17) is 0 Å². The van der Waals surface area contributed by atoms with Crippen molar-refractivity contribution in [1.82, 2.24) is 9.80 Å². The zero-order chi connectivity index (χ0) is 13.3. The molecule has 1 aliphatic rings. The summed E-state index contributed by atoms with van der Waals surface area (Å²) in [4.78, 5) is 15.8. The number of amides is 1. The van der Waals surface area contributed by atoms with Gasteiger partial charge in [0.25, 0.3) is 5.91 Å². The number of halogens is 3.